The molecule has 66 valence electrons. The molecule has 1 heterocycles. The number of hydrogen-bond donors (Lipinski definition) is 1. The quantitative estimate of drug-likeness (QED) is 0.648. The summed E-state index contributed by atoms with van der Waals surface area (Å²) in [5, 5.41) is 0. The summed E-state index contributed by atoms with van der Waals surface area (Å²) < 4.78 is 0. The molecule has 0 unspecified atom stereocenters. The van der Waals surface area contributed by atoms with Gasteiger partial charge in [-0.3, -0.25) is 9.78 Å². The standard InChI is InChI=1S/C7H8N2O.C2H6/c1-5(10)6-4-9-3-2-7(6)8;1-2/h2-4H,1H3,(H2,8,9);1-2H3. The highest BCUT2D eigenvalue weighted by molar-refractivity contribution is 5.98. The number of nitrogens with two attached hydrogens (primary N) is 1. The van der Waals surface area contributed by atoms with Crippen LogP contribution in [0, 0.1) is 0 Å². The van der Waals surface area contributed by atoms with Crippen LogP contribution in [0.5, 0.6) is 0 Å². The van der Waals surface area contributed by atoms with Gasteiger partial charge < -0.3 is 5.73 Å². The smallest absolute Gasteiger partial charge is 0.163 e. The molecule has 1 aromatic rings. The molecular weight excluding hydrogens is 152 g/mol. The summed E-state index contributed by atoms with van der Waals surface area (Å²) in [6, 6.07) is 1.61. The summed E-state index contributed by atoms with van der Waals surface area (Å²) >= 11 is 0. The molecule has 0 saturated carbocycles. The van der Waals surface area contributed by atoms with Gasteiger partial charge in [0.25, 0.3) is 0 Å². The molecule has 0 saturated heterocycles. The molecule has 0 bridgehead atoms. The topological polar surface area (TPSA) is 56.0 Å². The molecule has 2 N–H and O–H groups in total. The van der Waals surface area contributed by atoms with E-state index in [-0.39, 0.29) is 5.78 Å². The maximum Gasteiger partial charge on any atom is 0.163 e. The van der Waals surface area contributed by atoms with Gasteiger partial charge in [0.2, 0.25) is 0 Å². The molecule has 3 heteroatoms. The van der Waals surface area contributed by atoms with Crippen LogP contribution in [0.3, 0.4) is 0 Å². The van der Waals surface area contributed by atoms with Gasteiger partial charge in [-0.1, -0.05) is 13.8 Å². The van der Waals surface area contributed by atoms with Crippen LogP contribution in [-0.2, 0) is 0 Å². The van der Waals surface area contributed by atoms with Crippen LogP contribution in [0.2, 0.25) is 0 Å². The fourth-order valence-electron chi connectivity index (χ4n) is 0.699. The van der Waals surface area contributed by atoms with Crippen molar-refractivity contribution in [1.82, 2.24) is 4.98 Å². The zero-order valence-corrected chi connectivity index (χ0v) is 7.66. The van der Waals surface area contributed by atoms with Crippen molar-refractivity contribution in [3.05, 3.63) is 24.0 Å². The average Bonchev–Trinajstić information content (AvgIpc) is 2.08. The van der Waals surface area contributed by atoms with E-state index in [1.807, 2.05) is 13.8 Å². The van der Waals surface area contributed by atoms with Crippen molar-refractivity contribution in [3.8, 4) is 0 Å². The number of carbonyl (C=O) groups is 1. The Kier molecular flexibility index (Phi) is 4.69. The Bertz CT molecular complexity index is 258. The van der Waals surface area contributed by atoms with Gasteiger partial charge in [-0.05, 0) is 13.0 Å². The van der Waals surface area contributed by atoms with Crippen LogP contribution in [0.4, 0.5) is 5.69 Å². The van der Waals surface area contributed by atoms with E-state index >= 15 is 0 Å². The lowest BCUT2D eigenvalue weighted by Gasteiger charge is -1.97. The first-order chi connectivity index (χ1) is 5.72. The van der Waals surface area contributed by atoms with Crippen LogP contribution >= 0.6 is 0 Å². The van der Waals surface area contributed by atoms with E-state index in [1.54, 1.807) is 12.3 Å². The van der Waals surface area contributed by atoms with E-state index in [2.05, 4.69) is 4.98 Å². The van der Waals surface area contributed by atoms with Crippen molar-refractivity contribution in [2.45, 2.75) is 20.8 Å². The van der Waals surface area contributed by atoms with Gasteiger partial charge in [-0.15, -0.1) is 0 Å². The molecule has 0 aliphatic carbocycles. The Balaban J connectivity index is 0.000000561. The number of nitrogen functional groups attached to an aromatic ring is 1. The number of aromatic nitrogens is 1. The molecule has 0 spiro atoms. The third-order valence-corrected chi connectivity index (χ3v) is 1.23. The Morgan fingerprint density at radius 3 is 2.42 bits per heavy atom. The monoisotopic (exact) mass is 166 g/mol. The van der Waals surface area contributed by atoms with Gasteiger partial charge in [0, 0.05) is 18.1 Å². The number of ketones is 1. The fraction of sp³-hybridized carbons (Fsp3) is 0.333. The summed E-state index contributed by atoms with van der Waals surface area (Å²) in [6.45, 7) is 5.47. The van der Waals surface area contributed by atoms with E-state index in [0.717, 1.165) is 0 Å². The number of carbonyl (C=O) groups excluding carboxylic acids is 1. The first kappa shape index (κ1) is 10.6. The molecule has 0 fully saturated rings. The van der Waals surface area contributed by atoms with Crippen LogP contribution in [0.15, 0.2) is 18.5 Å². The highest BCUT2D eigenvalue weighted by Gasteiger charge is 2.01. The normalized spacial score (nSPS) is 8.25. The second kappa shape index (κ2) is 5.29. The van der Waals surface area contributed by atoms with Crippen molar-refractivity contribution >= 4 is 11.5 Å². The third-order valence-electron chi connectivity index (χ3n) is 1.23. The van der Waals surface area contributed by atoms with E-state index in [4.69, 9.17) is 5.73 Å². The molecule has 0 aromatic carbocycles. The molecular formula is C9H14N2O. The lowest BCUT2D eigenvalue weighted by molar-refractivity contribution is 0.101. The SMILES string of the molecule is CC.CC(=O)c1cnccc1N. The fourth-order valence-corrected chi connectivity index (χ4v) is 0.699. The van der Waals surface area contributed by atoms with Gasteiger partial charge in [0.15, 0.2) is 5.78 Å². The molecule has 0 amide bonds. The van der Waals surface area contributed by atoms with Gasteiger partial charge in [0.1, 0.15) is 0 Å². The van der Waals surface area contributed by atoms with E-state index < -0.39 is 0 Å². The van der Waals surface area contributed by atoms with Crippen LogP contribution < -0.4 is 5.73 Å². The number of pyridine rings is 1. The molecule has 3 nitrogen and oxygen atoms in total. The predicted octanol–water partition coefficient (Wildman–Crippen LogP) is 1.89. The molecule has 12 heavy (non-hydrogen) atoms. The van der Waals surface area contributed by atoms with E-state index in [9.17, 15) is 4.79 Å². The molecule has 0 radical (unpaired) electrons. The minimum absolute atomic E-state index is 0.0504. The second-order valence-corrected chi connectivity index (χ2v) is 2.02. The zero-order chi connectivity index (χ0) is 9.56. The minimum Gasteiger partial charge on any atom is -0.398 e. The first-order valence-electron chi connectivity index (χ1n) is 3.92. The Morgan fingerprint density at radius 2 is 2.08 bits per heavy atom. The molecule has 0 aliphatic heterocycles. The average molecular weight is 166 g/mol. The first-order valence-corrected chi connectivity index (χ1v) is 3.92. The van der Waals surface area contributed by atoms with Gasteiger partial charge in [-0.2, -0.15) is 0 Å². The molecule has 1 aromatic heterocycles. The summed E-state index contributed by atoms with van der Waals surface area (Å²) in [7, 11) is 0. The van der Waals surface area contributed by atoms with Gasteiger partial charge in [-0.25, -0.2) is 0 Å². The Morgan fingerprint density at radius 1 is 1.50 bits per heavy atom. The van der Waals surface area contributed by atoms with Gasteiger partial charge in [0.05, 0.1) is 5.56 Å². The van der Waals surface area contributed by atoms with E-state index in [0.29, 0.717) is 11.3 Å². The number of nitrogens with zero attached hydrogens (tertiary/aromatic N) is 1. The number of hydrogen-bond acceptors (Lipinski definition) is 3. The largest absolute Gasteiger partial charge is 0.398 e. The minimum atomic E-state index is -0.0504. The highest BCUT2D eigenvalue weighted by atomic mass is 16.1. The summed E-state index contributed by atoms with van der Waals surface area (Å²) in [5.41, 5.74) is 6.44. The highest BCUT2D eigenvalue weighted by Crippen LogP contribution is 2.07. The summed E-state index contributed by atoms with van der Waals surface area (Å²) in [5.74, 6) is -0.0504. The van der Waals surface area contributed by atoms with Crippen LogP contribution in [0.1, 0.15) is 31.1 Å². The maximum atomic E-state index is 10.7. The third kappa shape index (κ3) is 2.70. The van der Waals surface area contributed by atoms with Crippen molar-refractivity contribution in [1.29, 1.82) is 0 Å². The summed E-state index contributed by atoms with van der Waals surface area (Å²) in [6.07, 6.45) is 3.03. The van der Waals surface area contributed by atoms with E-state index in [1.165, 1.54) is 13.1 Å². The second-order valence-electron chi connectivity index (χ2n) is 2.02. The Labute approximate surface area is 72.6 Å². The summed E-state index contributed by atoms with van der Waals surface area (Å²) in [4.78, 5) is 14.5. The van der Waals surface area contributed by atoms with Crippen LogP contribution in [0.25, 0.3) is 0 Å². The lowest BCUT2D eigenvalue weighted by Crippen LogP contribution is -1.99. The van der Waals surface area contributed by atoms with Gasteiger partial charge >= 0.3 is 0 Å². The molecule has 0 atom stereocenters. The lowest BCUT2D eigenvalue weighted by atomic mass is 10.2. The maximum absolute atomic E-state index is 10.7. The molecule has 0 aliphatic rings. The number of anilines is 1. The van der Waals surface area contributed by atoms with Crippen molar-refractivity contribution in [2.75, 3.05) is 5.73 Å². The number of rotatable bonds is 1. The number of Topliss-reactive ketones (excluding diaryl/α,β-unsaturated/α-hetero) is 1. The molecule has 1 rings (SSSR count). The predicted molar refractivity (Wildman–Crippen MR) is 50.0 cm³/mol. The van der Waals surface area contributed by atoms with Crippen LogP contribution in [-0.4, -0.2) is 10.8 Å². The zero-order valence-electron chi connectivity index (χ0n) is 7.66. The Hall–Kier alpha value is -1.38. The van der Waals surface area contributed by atoms with Crippen molar-refractivity contribution < 1.29 is 4.79 Å². The van der Waals surface area contributed by atoms with Crippen molar-refractivity contribution in [3.63, 3.8) is 0 Å². The van der Waals surface area contributed by atoms with Crippen molar-refractivity contribution in [2.24, 2.45) is 0 Å².